The van der Waals surface area contributed by atoms with E-state index in [1.165, 1.54) is 16.5 Å². The Hall–Kier alpha value is -2.88. The molecule has 2 aromatic heterocycles. The zero-order valence-corrected chi connectivity index (χ0v) is 13.9. The summed E-state index contributed by atoms with van der Waals surface area (Å²) in [5, 5.41) is 7.55. The second-order valence-electron chi connectivity index (χ2n) is 6.07. The van der Waals surface area contributed by atoms with Gasteiger partial charge in [0.2, 0.25) is 0 Å². The molecular formula is C20H19N3O. The maximum absolute atomic E-state index is 12.5. The lowest BCUT2D eigenvalue weighted by atomic mass is 10.0. The van der Waals surface area contributed by atoms with Gasteiger partial charge in [0.15, 0.2) is 0 Å². The van der Waals surface area contributed by atoms with Crippen LogP contribution >= 0.6 is 0 Å². The predicted molar refractivity (Wildman–Crippen MR) is 97.4 cm³/mol. The van der Waals surface area contributed by atoms with Gasteiger partial charge in [-0.15, -0.1) is 0 Å². The highest BCUT2D eigenvalue weighted by Gasteiger charge is 2.13. The molecule has 4 aromatic rings. The molecule has 0 aliphatic heterocycles. The lowest BCUT2D eigenvalue weighted by Gasteiger charge is -2.09. The van der Waals surface area contributed by atoms with Crippen molar-refractivity contribution in [1.29, 1.82) is 0 Å². The Bertz CT molecular complexity index is 1100. The lowest BCUT2D eigenvalue weighted by molar-refractivity contribution is 0.610. The molecule has 0 atom stereocenters. The van der Waals surface area contributed by atoms with Crippen LogP contribution in [0.4, 0.5) is 0 Å². The smallest absolute Gasteiger partial charge is 0.274 e. The van der Waals surface area contributed by atoms with Crippen LogP contribution in [0.5, 0.6) is 0 Å². The summed E-state index contributed by atoms with van der Waals surface area (Å²) in [6, 6.07) is 16.1. The van der Waals surface area contributed by atoms with Crippen molar-refractivity contribution in [3.05, 3.63) is 76.3 Å². The summed E-state index contributed by atoms with van der Waals surface area (Å²) in [7, 11) is 2.06. The first-order chi connectivity index (χ1) is 11.7. The van der Waals surface area contributed by atoms with Crippen molar-refractivity contribution in [3.8, 4) is 0 Å². The number of aryl methyl sites for hydroxylation is 2. The molecule has 24 heavy (non-hydrogen) atoms. The highest BCUT2D eigenvalue weighted by Crippen LogP contribution is 2.24. The zero-order valence-electron chi connectivity index (χ0n) is 13.9. The first-order valence-electron chi connectivity index (χ1n) is 8.20. The van der Waals surface area contributed by atoms with E-state index in [2.05, 4.69) is 47.2 Å². The van der Waals surface area contributed by atoms with Crippen LogP contribution < -0.4 is 5.56 Å². The fourth-order valence-corrected chi connectivity index (χ4v) is 3.40. The molecule has 0 aliphatic rings. The van der Waals surface area contributed by atoms with Crippen LogP contribution in [0.1, 0.15) is 18.2 Å². The molecule has 4 nitrogen and oxygen atoms in total. The lowest BCUT2D eigenvalue weighted by Crippen LogP contribution is -2.23. The van der Waals surface area contributed by atoms with Crippen molar-refractivity contribution < 1.29 is 0 Å². The third-order valence-corrected chi connectivity index (χ3v) is 4.58. The predicted octanol–water partition coefficient (Wildman–Crippen LogP) is 3.50. The van der Waals surface area contributed by atoms with Crippen LogP contribution in [0.3, 0.4) is 0 Å². The van der Waals surface area contributed by atoms with Crippen molar-refractivity contribution in [3.63, 3.8) is 0 Å². The van der Waals surface area contributed by atoms with Crippen molar-refractivity contribution in [2.24, 2.45) is 7.05 Å². The summed E-state index contributed by atoms with van der Waals surface area (Å²) < 4.78 is 3.70. The fourth-order valence-electron chi connectivity index (χ4n) is 3.40. The second kappa shape index (κ2) is 5.64. The number of benzene rings is 2. The number of aromatic nitrogens is 3. The van der Waals surface area contributed by atoms with Gasteiger partial charge in [-0.1, -0.05) is 36.4 Å². The van der Waals surface area contributed by atoms with Crippen LogP contribution in [0.15, 0.2) is 59.5 Å². The van der Waals surface area contributed by atoms with E-state index in [1.807, 2.05) is 31.2 Å². The number of nitrogens with zero attached hydrogens (tertiary/aromatic N) is 3. The summed E-state index contributed by atoms with van der Waals surface area (Å²) in [6.07, 6.45) is 2.87. The van der Waals surface area contributed by atoms with Crippen LogP contribution in [-0.4, -0.2) is 14.3 Å². The van der Waals surface area contributed by atoms with E-state index in [0.717, 1.165) is 16.5 Å². The molecule has 0 saturated carbocycles. The molecule has 0 spiro atoms. The third kappa shape index (κ3) is 2.22. The summed E-state index contributed by atoms with van der Waals surface area (Å²) in [4.78, 5) is 12.5. The monoisotopic (exact) mass is 317 g/mol. The SMILES string of the molecule is CCn1nc(Cc2cn(C)c3ccccc23)c2ccccc2c1=O. The number of hydrogen-bond donors (Lipinski definition) is 0. The molecule has 0 bridgehead atoms. The average Bonchev–Trinajstić information content (AvgIpc) is 2.94. The van der Waals surface area contributed by atoms with E-state index < -0.39 is 0 Å². The quantitative estimate of drug-likeness (QED) is 0.580. The van der Waals surface area contributed by atoms with Crippen molar-refractivity contribution in [2.75, 3.05) is 0 Å². The standard InChI is InChI=1S/C20H19N3O/c1-3-23-20(24)17-10-5-4-9-16(17)18(21-23)12-14-13-22(2)19-11-7-6-8-15(14)19/h4-11,13H,3,12H2,1-2H3. The van der Waals surface area contributed by atoms with E-state index in [1.54, 1.807) is 4.68 Å². The van der Waals surface area contributed by atoms with Crippen LogP contribution in [0, 0.1) is 0 Å². The number of fused-ring (bicyclic) bond motifs is 2. The maximum atomic E-state index is 12.5. The minimum atomic E-state index is -0.0187. The summed E-state index contributed by atoms with van der Waals surface area (Å²) in [6.45, 7) is 2.52. The summed E-state index contributed by atoms with van der Waals surface area (Å²) in [5.74, 6) is 0. The molecule has 4 rings (SSSR count). The fraction of sp³-hybridized carbons (Fsp3) is 0.200. The normalized spacial score (nSPS) is 11.4. The van der Waals surface area contributed by atoms with Crippen LogP contribution in [0.25, 0.3) is 21.7 Å². The Morgan fingerprint density at radius 2 is 1.62 bits per heavy atom. The van der Waals surface area contributed by atoms with Gasteiger partial charge in [0.1, 0.15) is 0 Å². The van der Waals surface area contributed by atoms with E-state index in [4.69, 9.17) is 0 Å². The Morgan fingerprint density at radius 3 is 2.38 bits per heavy atom. The maximum Gasteiger partial charge on any atom is 0.274 e. The molecular weight excluding hydrogens is 298 g/mol. The first kappa shape index (κ1) is 14.7. The van der Waals surface area contributed by atoms with E-state index in [-0.39, 0.29) is 5.56 Å². The minimum Gasteiger partial charge on any atom is -0.350 e. The Morgan fingerprint density at radius 1 is 0.958 bits per heavy atom. The second-order valence-corrected chi connectivity index (χ2v) is 6.07. The molecule has 0 radical (unpaired) electrons. The zero-order chi connectivity index (χ0) is 16.7. The van der Waals surface area contributed by atoms with Gasteiger partial charge < -0.3 is 4.57 Å². The van der Waals surface area contributed by atoms with Gasteiger partial charge in [-0.05, 0) is 24.6 Å². The largest absolute Gasteiger partial charge is 0.350 e. The van der Waals surface area contributed by atoms with Crippen molar-refractivity contribution in [2.45, 2.75) is 19.9 Å². The van der Waals surface area contributed by atoms with E-state index >= 15 is 0 Å². The molecule has 4 heteroatoms. The summed E-state index contributed by atoms with van der Waals surface area (Å²) >= 11 is 0. The van der Waals surface area contributed by atoms with Gasteiger partial charge >= 0.3 is 0 Å². The molecule has 0 saturated heterocycles. The number of rotatable bonds is 3. The minimum absolute atomic E-state index is 0.0187. The topological polar surface area (TPSA) is 39.8 Å². The Kier molecular flexibility index (Phi) is 3.45. The van der Waals surface area contributed by atoms with Gasteiger partial charge in [-0.3, -0.25) is 4.79 Å². The van der Waals surface area contributed by atoms with Crippen LogP contribution in [-0.2, 0) is 20.0 Å². The Labute approximate surface area is 140 Å². The van der Waals surface area contributed by atoms with Gasteiger partial charge in [0, 0.05) is 42.5 Å². The molecule has 0 fully saturated rings. The number of para-hydroxylation sites is 1. The van der Waals surface area contributed by atoms with Gasteiger partial charge in [-0.25, -0.2) is 4.68 Å². The molecule has 120 valence electrons. The summed E-state index contributed by atoms with van der Waals surface area (Å²) in [5.41, 5.74) is 3.37. The molecule has 2 heterocycles. The first-order valence-corrected chi connectivity index (χ1v) is 8.20. The van der Waals surface area contributed by atoms with Gasteiger partial charge in [0.25, 0.3) is 5.56 Å². The molecule has 0 aliphatic carbocycles. The van der Waals surface area contributed by atoms with E-state index in [0.29, 0.717) is 13.0 Å². The average molecular weight is 317 g/mol. The van der Waals surface area contributed by atoms with Crippen molar-refractivity contribution >= 4 is 21.7 Å². The third-order valence-electron chi connectivity index (χ3n) is 4.58. The number of hydrogen-bond acceptors (Lipinski definition) is 2. The molecule has 0 N–H and O–H groups in total. The van der Waals surface area contributed by atoms with E-state index in [9.17, 15) is 4.79 Å². The molecule has 2 aromatic carbocycles. The van der Waals surface area contributed by atoms with Crippen molar-refractivity contribution in [1.82, 2.24) is 14.3 Å². The molecule has 0 amide bonds. The van der Waals surface area contributed by atoms with Gasteiger partial charge in [-0.2, -0.15) is 5.10 Å². The highest BCUT2D eigenvalue weighted by molar-refractivity contribution is 5.87. The Balaban J connectivity index is 1.93. The molecule has 0 unspecified atom stereocenters. The van der Waals surface area contributed by atoms with Crippen LogP contribution in [0.2, 0.25) is 0 Å². The van der Waals surface area contributed by atoms with Gasteiger partial charge in [0.05, 0.1) is 11.1 Å². The highest BCUT2D eigenvalue weighted by atomic mass is 16.1.